The van der Waals surface area contributed by atoms with E-state index >= 15 is 0 Å². The lowest BCUT2D eigenvalue weighted by atomic mass is 9.94. The number of hydrogen-bond donors (Lipinski definition) is 1. The molecule has 0 spiro atoms. The van der Waals surface area contributed by atoms with Gasteiger partial charge in [-0.2, -0.15) is 0 Å². The summed E-state index contributed by atoms with van der Waals surface area (Å²) in [6.45, 7) is 6.87. The van der Waals surface area contributed by atoms with Gasteiger partial charge in [-0.15, -0.1) is 10.2 Å². The van der Waals surface area contributed by atoms with E-state index in [1.54, 1.807) is 30.3 Å². The van der Waals surface area contributed by atoms with Gasteiger partial charge in [0.2, 0.25) is 5.13 Å². The molecule has 1 amide bonds. The average Bonchev–Trinajstić information content (AvgIpc) is 3.75. The van der Waals surface area contributed by atoms with E-state index in [4.69, 9.17) is 14.2 Å². The molecule has 0 saturated carbocycles. The van der Waals surface area contributed by atoms with Crippen molar-refractivity contribution >= 4 is 45.7 Å². The molecule has 1 aromatic heterocycles. The van der Waals surface area contributed by atoms with Crippen molar-refractivity contribution in [3.8, 4) is 17.2 Å². The Morgan fingerprint density at radius 2 is 1.87 bits per heavy atom. The molecule has 2 unspecified atom stereocenters. The van der Waals surface area contributed by atoms with E-state index in [2.05, 4.69) is 17.1 Å². The maximum Gasteiger partial charge on any atom is 0.301 e. The highest BCUT2D eigenvalue weighted by molar-refractivity contribution is 8.00. The number of carbonyl (C=O) groups excluding carboxylic acids is 2. The molecule has 4 aromatic rings. The molecule has 0 aliphatic carbocycles. The van der Waals surface area contributed by atoms with Gasteiger partial charge in [-0.25, -0.2) is 0 Å². The number of Topliss-reactive ketones (excluding diaryl/α,β-unsaturated/α-hetero) is 1. The summed E-state index contributed by atoms with van der Waals surface area (Å²) in [6, 6.07) is 19.7. The maximum atomic E-state index is 13.8. The molecule has 2 aliphatic heterocycles. The molecule has 11 heteroatoms. The Hall–Kier alpha value is -4.35. The highest BCUT2D eigenvalue weighted by Gasteiger charge is 2.48. The van der Waals surface area contributed by atoms with Crippen LogP contribution in [0.2, 0.25) is 0 Å². The number of nitrogens with zero attached hydrogens (tertiary/aromatic N) is 3. The minimum absolute atomic E-state index is 0.0133. The van der Waals surface area contributed by atoms with Crippen molar-refractivity contribution in [3.05, 3.63) is 94.6 Å². The first kappa shape index (κ1) is 31.6. The molecule has 2 atom stereocenters. The molecule has 1 N–H and O–H groups in total. The van der Waals surface area contributed by atoms with Gasteiger partial charge in [0.15, 0.2) is 15.8 Å². The summed E-state index contributed by atoms with van der Waals surface area (Å²) in [5.41, 5.74) is 3.02. The fourth-order valence-corrected chi connectivity index (χ4v) is 7.38. The van der Waals surface area contributed by atoms with E-state index in [0.29, 0.717) is 52.4 Å². The maximum absolute atomic E-state index is 13.8. The SMILES string of the molecule is CCCCOc1ccc(C2/C(=C(\O)c3ccc4c(c3)CC(C)O4)C(=O)C(=O)N2c2nnc(SCc3ccccc3)s2)cc1OCC. The van der Waals surface area contributed by atoms with Gasteiger partial charge in [0, 0.05) is 17.7 Å². The number of ketones is 1. The molecule has 3 heterocycles. The number of ether oxygens (including phenoxy) is 3. The lowest BCUT2D eigenvalue weighted by Crippen LogP contribution is -2.29. The van der Waals surface area contributed by atoms with E-state index in [9.17, 15) is 14.7 Å². The van der Waals surface area contributed by atoms with Crippen molar-refractivity contribution in [3.63, 3.8) is 0 Å². The second-order valence-corrected chi connectivity index (χ2v) is 13.3. The molecule has 6 rings (SSSR count). The van der Waals surface area contributed by atoms with Crippen LogP contribution in [0.15, 0.2) is 76.6 Å². The fraction of sp³-hybridized carbons (Fsp3) is 0.314. The number of anilines is 1. The Labute approximate surface area is 276 Å². The van der Waals surface area contributed by atoms with Gasteiger partial charge in [-0.3, -0.25) is 14.5 Å². The molecular formula is C35H35N3O6S2. The fourth-order valence-electron chi connectivity index (χ4n) is 5.56. The number of aromatic nitrogens is 2. The van der Waals surface area contributed by atoms with Crippen molar-refractivity contribution in [2.75, 3.05) is 18.1 Å². The number of aliphatic hydroxyl groups is 1. The standard InChI is InChI=1S/C35H35N3O6S2/c1-4-6-16-43-27-15-12-23(19-28(27)42-5-2)30-29(31(39)24-13-14-26-25(18-24)17-21(3)44-26)32(40)33(41)38(30)34-36-37-35(46-34)45-20-22-10-8-7-9-11-22/h7-15,18-19,21,30,39H,4-6,16-17,20H2,1-3H3/b31-29+. The topological polar surface area (TPSA) is 111 Å². The second kappa shape index (κ2) is 14.0. The third kappa shape index (κ3) is 6.47. The molecular weight excluding hydrogens is 623 g/mol. The highest BCUT2D eigenvalue weighted by Crippen LogP contribution is 2.46. The Morgan fingerprint density at radius 1 is 1.04 bits per heavy atom. The first-order valence-electron chi connectivity index (χ1n) is 15.4. The summed E-state index contributed by atoms with van der Waals surface area (Å²) in [5.74, 6) is 0.619. The van der Waals surface area contributed by atoms with Crippen molar-refractivity contribution < 1.29 is 28.9 Å². The number of benzene rings is 3. The number of aliphatic hydroxyl groups excluding tert-OH is 1. The van der Waals surface area contributed by atoms with Gasteiger partial charge >= 0.3 is 5.91 Å². The Kier molecular flexibility index (Phi) is 9.60. The summed E-state index contributed by atoms with van der Waals surface area (Å²) in [6.07, 6.45) is 2.57. The van der Waals surface area contributed by atoms with Crippen LogP contribution in [0.25, 0.3) is 5.76 Å². The molecule has 238 valence electrons. The van der Waals surface area contributed by atoms with Gasteiger partial charge in [0.1, 0.15) is 17.6 Å². The number of fused-ring (bicyclic) bond motifs is 1. The number of hydrogen-bond acceptors (Lipinski definition) is 10. The third-order valence-electron chi connectivity index (χ3n) is 7.76. The summed E-state index contributed by atoms with van der Waals surface area (Å²) in [4.78, 5) is 28.9. The molecule has 0 radical (unpaired) electrons. The zero-order valence-corrected chi connectivity index (χ0v) is 27.5. The van der Waals surface area contributed by atoms with Crippen LogP contribution in [0.5, 0.6) is 17.2 Å². The minimum Gasteiger partial charge on any atom is -0.507 e. The number of unbranched alkanes of at least 4 members (excludes halogenated alkanes) is 1. The summed E-state index contributed by atoms with van der Waals surface area (Å²) in [7, 11) is 0. The predicted molar refractivity (Wildman–Crippen MR) is 179 cm³/mol. The molecule has 3 aromatic carbocycles. The second-order valence-electron chi connectivity index (χ2n) is 11.1. The molecule has 9 nitrogen and oxygen atoms in total. The average molecular weight is 658 g/mol. The zero-order valence-electron chi connectivity index (χ0n) is 25.9. The highest BCUT2D eigenvalue weighted by atomic mass is 32.2. The Bertz CT molecular complexity index is 1770. The number of amides is 1. The van der Waals surface area contributed by atoms with Gasteiger partial charge in [0.25, 0.3) is 5.78 Å². The van der Waals surface area contributed by atoms with Crippen LogP contribution < -0.4 is 19.1 Å². The van der Waals surface area contributed by atoms with Gasteiger partial charge in [-0.1, -0.05) is 72.8 Å². The zero-order chi connectivity index (χ0) is 32.2. The minimum atomic E-state index is -0.979. The normalized spacial score (nSPS) is 18.5. The summed E-state index contributed by atoms with van der Waals surface area (Å²) in [5, 5.41) is 20.7. The number of thioether (sulfide) groups is 1. The monoisotopic (exact) mass is 657 g/mol. The van der Waals surface area contributed by atoms with Gasteiger partial charge in [0.05, 0.1) is 24.8 Å². The first-order chi connectivity index (χ1) is 22.4. The van der Waals surface area contributed by atoms with E-state index in [0.717, 1.165) is 29.7 Å². The van der Waals surface area contributed by atoms with Crippen LogP contribution in [0, 0.1) is 0 Å². The quantitative estimate of drug-likeness (QED) is 0.0417. The van der Waals surface area contributed by atoms with E-state index in [1.807, 2.05) is 50.2 Å². The molecule has 1 fully saturated rings. The van der Waals surface area contributed by atoms with E-state index in [-0.39, 0.29) is 22.6 Å². The van der Waals surface area contributed by atoms with Crippen molar-refractivity contribution in [2.45, 2.75) is 62.3 Å². The Morgan fingerprint density at radius 3 is 2.65 bits per heavy atom. The molecule has 46 heavy (non-hydrogen) atoms. The van der Waals surface area contributed by atoms with Crippen LogP contribution in [-0.2, 0) is 21.8 Å². The summed E-state index contributed by atoms with van der Waals surface area (Å²) < 4.78 is 18.4. The van der Waals surface area contributed by atoms with Gasteiger partial charge < -0.3 is 19.3 Å². The first-order valence-corrected chi connectivity index (χ1v) is 17.2. The molecule has 2 aliphatic rings. The van der Waals surface area contributed by atoms with Crippen molar-refractivity contribution in [2.24, 2.45) is 0 Å². The number of rotatable bonds is 12. The van der Waals surface area contributed by atoms with Crippen LogP contribution in [-0.4, -0.2) is 46.3 Å². The van der Waals surface area contributed by atoms with E-state index < -0.39 is 17.7 Å². The predicted octanol–water partition coefficient (Wildman–Crippen LogP) is 7.36. The largest absolute Gasteiger partial charge is 0.507 e. The summed E-state index contributed by atoms with van der Waals surface area (Å²) >= 11 is 2.73. The lowest BCUT2D eigenvalue weighted by molar-refractivity contribution is -0.132. The molecule has 1 saturated heterocycles. The van der Waals surface area contributed by atoms with Crippen LogP contribution >= 0.6 is 23.1 Å². The smallest absolute Gasteiger partial charge is 0.301 e. The van der Waals surface area contributed by atoms with Crippen LogP contribution in [0.4, 0.5) is 5.13 Å². The lowest BCUT2D eigenvalue weighted by Gasteiger charge is -2.23. The van der Waals surface area contributed by atoms with Crippen molar-refractivity contribution in [1.82, 2.24) is 10.2 Å². The van der Waals surface area contributed by atoms with Gasteiger partial charge in [-0.05, 0) is 67.3 Å². The van der Waals surface area contributed by atoms with Crippen LogP contribution in [0.1, 0.15) is 61.9 Å². The van der Waals surface area contributed by atoms with Crippen molar-refractivity contribution in [1.29, 1.82) is 0 Å². The van der Waals surface area contributed by atoms with Crippen LogP contribution in [0.3, 0.4) is 0 Å². The number of carbonyl (C=O) groups is 2. The van der Waals surface area contributed by atoms with E-state index in [1.165, 1.54) is 28.0 Å². The third-order valence-corrected chi connectivity index (χ3v) is 9.89. The molecule has 0 bridgehead atoms. The Balaban J connectivity index is 1.42.